The molecule has 0 saturated heterocycles. The standard InChI is InChI=1S/C27H25N/c1-7-11-18-12-13-22-25-14-23-16(5)19(8-2)20(9-3)17(6)24(23)15-26(25)28-27(22)21(18)10-4/h7-15,28H,2-4H2,1,5-6H3/b11-7-. The predicted octanol–water partition coefficient (Wildman–Crippen LogP) is 8.05. The molecule has 0 amide bonds. The minimum absolute atomic E-state index is 1.14. The van der Waals surface area contributed by atoms with Crippen molar-refractivity contribution < 1.29 is 0 Å². The lowest BCUT2D eigenvalue weighted by molar-refractivity contribution is 1.41. The molecule has 0 spiro atoms. The molecule has 28 heavy (non-hydrogen) atoms. The lowest BCUT2D eigenvalue weighted by Crippen LogP contribution is -1.94. The van der Waals surface area contributed by atoms with Crippen LogP contribution in [0.5, 0.6) is 0 Å². The van der Waals surface area contributed by atoms with Gasteiger partial charge in [-0.3, -0.25) is 0 Å². The summed E-state index contributed by atoms with van der Waals surface area (Å²) in [5.41, 5.74) is 9.42. The molecular weight excluding hydrogens is 338 g/mol. The lowest BCUT2D eigenvalue weighted by Gasteiger charge is -2.15. The minimum Gasteiger partial charge on any atom is -0.354 e. The van der Waals surface area contributed by atoms with Crippen molar-refractivity contribution in [3.63, 3.8) is 0 Å². The van der Waals surface area contributed by atoms with Crippen molar-refractivity contribution in [2.75, 3.05) is 0 Å². The molecule has 0 aliphatic heterocycles. The predicted molar refractivity (Wildman–Crippen MR) is 128 cm³/mol. The van der Waals surface area contributed by atoms with Crippen molar-refractivity contribution >= 4 is 56.9 Å². The topological polar surface area (TPSA) is 15.8 Å². The molecule has 1 aromatic heterocycles. The molecule has 1 heteroatoms. The zero-order chi connectivity index (χ0) is 20.0. The first-order chi connectivity index (χ1) is 13.5. The molecule has 0 bridgehead atoms. The molecule has 3 aromatic carbocycles. The van der Waals surface area contributed by atoms with E-state index >= 15 is 0 Å². The Kier molecular flexibility index (Phi) is 4.31. The van der Waals surface area contributed by atoms with Crippen molar-refractivity contribution in [3.05, 3.63) is 83.5 Å². The van der Waals surface area contributed by atoms with Crippen LogP contribution in [-0.2, 0) is 0 Å². The van der Waals surface area contributed by atoms with E-state index in [0.29, 0.717) is 0 Å². The number of aromatic amines is 1. The summed E-state index contributed by atoms with van der Waals surface area (Å²) in [6, 6.07) is 8.96. The first-order valence-electron chi connectivity index (χ1n) is 9.61. The second-order valence-electron chi connectivity index (χ2n) is 7.25. The van der Waals surface area contributed by atoms with E-state index in [2.05, 4.69) is 75.0 Å². The Morgan fingerprint density at radius 1 is 0.750 bits per heavy atom. The number of rotatable bonds is 4. The van der Waals surface area contributed by atoms with Gasteiger partial charge in [0.1, 0.15) is 0 Å². The number of aromatic nitrogens is 1. The summed E-state index contributed by atoms with van der Waals surface area (Å²) in [5, 5.41) is 4.99. The van der Waals surface area contributed by atoms with Crippen molar-refractivity contribution in [3.8, 4) is 0 Å². The molecule has 1 N–H and O–H groups in total. The highest BCUT2D eigenvalue weighted by Crippen LogP contribution is 2.37. The van der Waals surface area contributed by atoms with Gasteiger partial charge in [-0.2, -0.15) is 0 Å². The molecule has 0 unspecified atom stereocenters. The number of benzene rings is 3. The SMILES string of the molecule is C=Cc1c(C=C)c(C)c2cc3c(cc2c1C)[nH]c1c(C=C)c(/C=C\C)ccc13. The Hall–Kier alpha value is -3.32. The highest BCUT2D eigenvalue weighted by Gasteiger charge is 2.15. The molecule has 4 rings (SSSR count). The van der Waals surface area contributed by atoms with Crippen molar-refractivity contribution in [1.29, 1.82) is 0 Å². The third-order valence-electron chi connectivity index (χ3n) is 5.85. The first-order valence-corrected chi connectivity index (χ1v) is 9.61. The van der Waals surface area contributed by atoms with E-state index in [9.17, 15) is 0 Å². The Bertz CT molecular complexity index is 1330. The van der Waals surface area contributed by atoms with E-state index in [0.717, 1.165) is 22.2 Å². The van der Waals surface area contributed by atoms with Crippen molar-refractivity contribution in [1.82, 2.24) is 4.98 Å². The number of H-pyrrole nitrogens is 1. The third-order valence-corrected chi connectivity index (χ3v) is 5.85. The van der Waals surface area contributed by atoms with Crippen LogP contribution in [0.25, 0.3) is 56.9 Å². The van der Waals surface area contributed by atoms with Crippen LogP contribution in [0.15, 0.2) is 50.1 Å². The van der Waals surface area contributed by atoms with Gasteiger partial charge in [0.05, 0.1) is 5.52 Å². The number of hydrogen-bond acceptors (Lipinski definition) is 0. The molecular formula is C27H25N. The number of allylic oxidation sites excluding steroid dienone is 1. The quantitative estimate of drug-likeness (QED) is 0.377. The van der Waals surface area contributed by atoms with Crippen LogP contribution in [0.2, 0.25) is 0 Å². The Balaban J connectivity index is 2.20. The molecule has 0 aliphatic rings. The fourth-order valence-corrected chi connectivity index (χ4v) is 4.44. The van der Waals surface area contributed by atoms with Gasteiger partial charge >= 0.3 is 0 Å². The monoisotopic (exact) mass is 363 g/mol. The molecule has 0 saturated carbocycles. The maximum absolute atomic E-state index is 4.05. The molecule has 0 fully saturated rings. The van der Waals surface area contributed by atoms with Gasteiger partial charge in [-0.1, -0.05) is 62.2 Å². The van der Waals surface area contributed by atoms with E-state index in [1.54, 1.807) is 0 Å². The molecule has 0 aliphatic carbocycles. The summed E-state index contributed by atoms with van der Waals surface area (Å²) in [7, 11) is 0. The fraction of sp³-hybridized carbons (Fsp3) is 0.111. The van der Waals surface area contributed by atoms with Crippen LogP contribution in [0.1, 0.15) is 40.3 Å². The van der Waals surface area contributed by atoms with E-state index in [-0.39, 0.29) is 0 Å². The lowest BCUT2D eigenvalue weighted by atomic mass is 9.89. The zero-order valence-corrected chi connectivity index (χ0v) is 16.8. The average molecular weight is 364 g/mol. The molecule has 0 radical (unpaired) electrons. The van der Waals surface area contributed by atoms with Gasteiger partial charge in [-0.25, -0.2) is 0 Å². The summed E-state index contributed by atoms with van der Waals surface area (Å²) in [5.74, 6) is 0. The number of aryl methyl sites for hydroxylation is 2. The summed E-state index contributed by atoms with van der Waals surface area (Å²) < 4.78 is 0. The summed E-state index contributed by atoms with van der Waals surface area (Å²) in [6.45, 7) is 18.5. The maximum atomic E-state index is 4.05. The van der Waals surface area contributed by atoms with Crippen molar-refractivity contribution in [2.45, 2.75) is 20.8 Å². The minimum atomic E-state index is 1.14. The number of fused-ring (bicyclic) bond motifs is 4. The largest absolute Gasteiger partial charge is 0.354 e. The van der Waals surface area contributed by atoms with E-state index in [1.807, 2.05) is 25.2 Å². The second-order valence-corrected chi connectivity index (χ2v) is 7.25. The molecule has 1 heterocycles. The molecule has 4 aromatic rings. The van der Waals surface area contributed by atoms with Gasteiger partial charge < -0.3 is 4.98 Å². The summed E-state index contributed by atoms with van der Waals surface area (Å²) >= 11 is 0. The van der Waals surface area contributed by atoms with Gasteiger partial charge in [-0.05, 0) is 71.5 Å². The van der Waals surface area contributed by atoms with Crippen LogP contribution in [-0.4, -0.2) is 4.98 Å². The molecule has 138 valence electrons. The highest BCUT2D eigenvalue weighted by atomic mass is 14.7. The smallest absolute Gasteiger partial charge is 0.0544 e. The number of hydrogen-bond donors (Lipinski definition) is 1. The van der Waals surface area contributed by atoms with Gasteiger partial charge in [0.15, 0.2) is 0 Å². The van der Waals surface area contributed by atoms with Crippen molar-refractivity contribution in [2.24, 2.45) is 0 Å². The normalized spacial score (nSPS) is 11.7. The van der Waals surface area contributed by atoms with Crippen LogP contribution < -0.4 is 0 Å². The Morgan fingerprint density at radius 2 is 1.36 bits per heavy atom. The highest BCUT2D eigenvalue weighted by molar-refractivity contribution is 6.15. The fourth-order valence-electron chi connectivity index (χ4n) is 4.44. The van der Waals surface area contributed by atoms with Crippen LogP contribution in [0.3, 0.4) is 0 Å². The summed E-state index contributed by atoms with van der Waals surface area (Å²) in [6.07, 6.45) is 10.0. The Morgan fingerprint density at radius 3 is 1.93 bits per heavy atom. The molecule has 1 nitrogen and oxygen atoms in total. The van der Waals surface area contributed by atoms with Gasteiger partial charge in [0.2, 0.25) is 0 Å². The first kappa shape index (κ1) is 18.1. The van der Waals surface area contributed by atoms with Gasteiger partial charge in [0, 0.05) is 21.9 Å². The Labute approximate surface area is 166 Å². The van der Waals surface area contributed by atoms with E-state index < -0.39 is 0 Å². The molecule has 0 atom stereocenters. The van der Waals surface area contributed by atoms with Gasteiger partial charge in [-0.15, -0.1) is 0 Å². The van der Waals surface area contributed by atoms with Crippen LogP contribution in [0, 0.1) is 13.8 Å². The third kappa shape index (κ3) is 2.40. The van der Waals surface area contributed by atoms with E-state index in [1.165, 1.54) is 43.8 Å². The number of nitrogens with one attached hydrogen (secondary N) is 1. The zero-order valence-electron chi connectivity index (χ0n) is 16.8. The van der Waals surface area contributed by atoms with E-state index in [4.69, 9.17) is 0 Å². The summed E-state index contributed by atoms with van der Waals surface area (Å²) in [4.78, 5) is 3.65. The maximum Gasteiger partial charge on any atom is 0.0544 e. The second kappa shape index (κ2) is 6.69. The van der Waals surface area contributed by atoms with Gasteiger partial charge in [0.25, 0.3) is 0 Å². The average Bonchev–Trinajstić information content (AvgIpc) is 3.07. The van der Waals surface area contributed by atoms with Crippen LogP contribution in [0.4, 0.5) is 0 Å². The van der Waals surface area contributed by atoms with Crippen LogP contribution >= 0.6 is 0 Å².